The molecule has 0 aromatic rings. The summed E-state index contributed by atoms with van der Waals surface area (Å²) in [6.45, 7) is 2.15. The molecule has 0 spiro atoms. The molecule has 1 fully saturated rings. The highest BCUT2D eigenvalue weighted by Crippen LogP contribution is 2.15. The number of ketones is 1. The lowest BCUT2D eigenvalue weighted by molar-refractivity contribution is -0.114. The molecule has 0 amide bonds. The van der Waals surface area contributed by atoms with Gasteiger partial charge in [-0.3, -0.25) is 4.79 Å². The number of rotatable bonds is 4. The molecule has 0 aromatic carbocycles. The summed E-state index contributed by atoms with van der Waals surface area (Å²) in [5.41, 5.74) is 0.984. The average Bonchev–Trinajstić information content (AvgIpc) is 2.52. The summed E-state index contributed by atoms with van der Waals surface area (Å²) in [7, 11) is 0. The molecule has 3 nitrogen and oxygen atoms in total. The van der Waals surface area contributed by atoms with Gasteiger partial charge in [-0.25, -0.2) is 0 Å². The van der Waals surface area contributed by atoms with E-state index in [1.807, 2.05) is 6.92 Å². The minimum absolute atomic E-state index is 0.152. The van der Waals surface area contributed by atoms with Crippen LogP contribution in [-0.4, -0.2) is 23.5 Å². The maximum atomic E-state index is 11.2. The molecule has 0 saturated carbocycles. The molecule has 1 aliphatic rings. The van der Waals surface area contributed by atoms with Gasteiger partial charge in [0.15, 0.2) is 5.78 Å². The Morgan fingerprint density at radius 3 is 3.08 bits per heavy atom. The van der Waals surface area contributed by atoms with Crippen molar-refractivity contribution >= 4 is 5.78 Å². The molecule has 13 heavy (non-hydrogen) atoms. The van der Waals surface area contributed by atoms with E-state index >= 15 is 0 Å². The number of allylic oxidation sites excluding steroid dienone is 2. The van der Waals surface area contributed by atoms with Gasteiger partial charge in [0.05, 0.1) is 6.61 Å². The van der Waals surface area contributed by atoms with Crippen LogP contribution in [0.2, 0.25) is 0 Å². The number of aliphatic hydroxyl groups excluding tert-OH is 1. The number of carbonyl (C=O) groups excluding carboxylic acids is 1. The molecule has 1 saturated heterocycles. The van der Waals surface area contributed by atoms with E-state index in [2.05, 4.69) is 5.32 Å². The number of aliphatic hydroxyl groups is 1. The highest BCUT2D eigenvalue weighted by atomic mass is 16.3. The maximum absolute atomic E-state index is 11.2. The molecule has 0 unspecified atom stereocenters. The Labute approximate surface area is 78.8 Å². The molecular weight excluding hydrogens is 166 g/mol. The van der Waals surface area contributed by atoms with Crippen LogP contribution in [0.4, 0.5) is 0 Å². The van der Waals surface area contributed by atoms with Crippen molar-refractivity contribution in [3.05, 3.63) is 11.8 Å². The minimum atomic E-state index is 0.152. The Hall–Kier alpha value is -0.830. The molecule has 1 atom stereocenters. The third-order valence-electron chi connectivity index (χ3n) is 2.20. The summed E-state index contributed by atoms with van der Waals surface area (Å²) >= 11 is 0. The predicted octanol–water partition coefficient (Wildman–Crippen LogP) is 0.984. The third-order valence-corrected chi connectivity index (χ3v) is 2.20. The van der Waals surface area contributed by atoms with Crippen LogP contribution in [0.1, 0.15) is 32.6 Å². The van der Waals surface area contributed by atoms with Crippen molar-refractivity contribution in [1.29, 1.82) is 0 Å². The first-order valence-corrected chi connectivity index (χ1v) is 4.87. The molecule has 3 heteroatoms. The summed E-state index contributed by atoms with van der Waals surface area (Å²) in [5, 5.41) is 12.0. The van der Waals surface area contributed by atoms with Crippen LogP contribution >= 0.6 is 0 Å². The van der Waals surface area contributed by atoms with Crippen molar-refractivity contribution < 1.29 is 9.90 Å². The monoisotopic (exact) mass is 183 g/mol. The minimum Gasteiger partial charge on any atom is -0.394 e. The van der Waals surface area contributed by atoms with Crippen molar-refractivity contribution in [2.75, 3.05) is 6.61 Å². The lowest BCUT2D eigenvalue weighted by Crippen LogP contribution is -2.24. The molecule has 74 valence electrons. The summed E-state index contributed by atoms with van der Waals surface area (Å²) in [6, 6.07) is 0.153. The molecule has 0 radical (unpaired) electrons. The summed E-state index contributed by atoms with van der Waals surface area (Å²) in [4.78, 5) is 11.2. The first kappa shape index (κ1) is 10.3. The molecule has 1 aliphatic heterocycles. The fourth-order valence-electron chi connectivity index (χ4n) is 1.50. The van der Waals surface area contributed by atoms with Crippen LogP contribution in [0.3, 0.4) is 0 Å². The zero-order valence-corrected chi connectivity index (χ0v) is 8.05. The summed E-state index contributed by atoms with van der Waals surface area (Å²) in [6.07, 6.45) is 5.02. The Morgan fingerprint density at radius 2 is 2.54 bits per heavy atom. The van der Waals surface area contributed by atoms with Crippen molar-refractivity contribution in [3.8, 4) is 0 Å². The second-order valence-corrected chi connectivity index (χ2v) is 3.45. The second kappa shape index (κ2) is 5.02. The smallest absolute Gasteiger partial charge is 0.157 e. The Balaban J connectivity index is 2.40. The first-order valence-electron chi connectivity index (χ1n) is 4.87. The van der Waals surface area contributed by atoms with E-state index in [9.17, 15) is 4.79 Å². The van der Waals surface area contributed by atoms with E-state index in [0.717, 1.165) is 25.0 Å². The summed E-state index contributed by atoms with van der Waals surface area (Å²) in [5.74, 6) is 0.184. The molecular formula is C10H17NO2. The van der Waals surface area contributed by atoms with Gasteiger partial charge >= 0.3 is 0 Å². The first-order chi connectivity index (χ1) is 6.26. The van der Waals surface area contributed by atoms with Gasteiger partial charge < -0.3 is 10.4 Å². The van der Waals surface area contributed by atoms with E-state index in [4.69, 9.17) is 5.11 Å². The molecule has 0 bridgehead atoms. The lowest BCUT2D eigenvalue weighted by Gasteiger charge is -2.05. The Bertz CT molecular complexity index is 211. The van der Waals surface area contributed by atoms with E-state index in [1.165, 1.54) is 0 Å². The number of carbonyl (C=O) groups is 1. The van der Waals surface area contributed by atoms with Crippen LogP contribution in [0, 0.1) is 0 Å². The topological polar surface area (TPSA) is 49.3 Å². The van der Waals surface area contributed by atoms with Crippen molar-refractivity contribution in [1.82, 2.24) is 5.32 Å². The van der Waals surface area contributed by atoms with Gasteiger partial charge in [-0.15, -0.1) is 0 Å². The lowest BCUT2D eigenvalue weighted by atomic mass is 10.2. The zero-order chi connectivity index (χ0) is 9.68. The van der Waals surface area contributed by atoms with Crippen LogP contribution in [-0.2, 0) is 4.79 Å². The predicted molar refractivity (Wildman–Crippen MR) is 51.2 cm³/mol. The van der Waals surface area contributed by atoms with Gasteiger partial charge in [0.1, 0.15) is 0 Å². The van der Waals surface area contributed by atoms with Crippen molar-refractivity contribution in [3.63, 3.8) is 0 Å². The highest BCUT2D eigenvalue weighted by Gasteiger charge is 2.17. The Morgan fingerprint density at radius 1 is 1.77 bits per heavy atom. The maximum Gasteiger partial charge on any atom is 0.157 e. The van der Waals surface area contributed by atoms with Gasteiger partial charge in [0.25, 0.3) is 0 Å². The van der Waals surface area contributed by atoms with Crippen molar-refractivity contribution in [2.45, 2.75) is 38.6 Å². The molecule has 1 rings (SSSR count). The van der Waals surface area contributed by atoms with Gasteiger partial charge in [0, 0.05) is 24.2 Å². The average molecular weight is 183 g/mol. The molecule has 2 N–H and O–H groups in total. The fourth-order valence-corrected chi connectivity index (χ4v) is 1.50. The second-order valence-electron chi connectivity index (χ2n) is 3.45. The number of nitrogens with one attached hydrogen (secondary N) is 1. The quantitative estimate of drug-likeness (QED) is 0.639. The number of hydrogen-bond donors (Lipinski definition) is 2. The zero-order valence-electron chi connectivity index (χ0n) is 8.05. The van der Waals surface area contributed by atoms with Crippen LogP contribution in [0.15, 0.2) is 11.8 Å². The van der Waals surface area contributed by atoms with Crippen LogP contribution in [0.5, 0.6) is 0 Å². The largest absolute Gasteiger partial charge is 0.394 e. The fraction of sp³-hybridized carbons (Fsp3) is 0.700. The normalized spacial score (nSPS) is 24.8. The third kappa shape index (κ3) is 3.19. The summed E-state index contributed by atoms with van der Waals surface area (Å²) < 4.78 is 0. The van der Waals surface area contributed by atoms with Crippen molar-refractivity contribution in [2.24, 2.45) is 0 Å². The van der Waals surface area contributed by atoms with Gasteiger partial charge in [-0.1, -0.05) is 6.92 Å². The number of hydrogen-bond acceptors (Lipinski definition) is 3. The van der Waals surface area contributed by atoms with Gasteiger partial charge in [-0.2, -0.15) is 0 Å². The van der Waals surface area contributed by atoms with E-state index in [-0.39, 0.29) is 18.4 Å². The Kier molecular flexibility index (Phi) is 3.96. The molecule has 0 aliphatic carbocycles. The SMILES string of the molecule is CCCC(=O)/C=C1/CC[C@@H](CO)N1. The molecule has 1 heterocycles. The molecule has 0 aromatic heterocycles. The standard InChI is InChI=1S/C10H17NO2/c1-2-3-10(13)6-8-4-5-9(7-12)11-8/h6,9,11-12H,2-5,7H2,1H3/b8-6-/t9-/m0/s1. The highest BCUT2D eigenvalue weighted by molar-refractivity contribution is 5.90. The van der Waals surface area contributed by atoms with Crippen LogP contribution in [0.25, 0.3) is 0 Å². The van der Waals surface area contributed by atoms with E-state index < -0.39 is 0 Å². The van der Waals surface area contributed by atoms with E-state index in [1.54, 1.807) is 6.08 Å². The van der Waals surface area contributed by atoms with Gasteiger partial charge in [0.2, 0.25) is 0 Å². The van der Waals surface area contributed by atoms with E-state index in [0.29, 0.717) is 6.42 Å². The van der Waals surface area contributed by atoms with Crippen LogP contribution < -0.4 is 5.32 Å². The van der Waals surface area contributed by atoms with Gasteiger partial charge in [-0.05, 0) is 19.3 Å².